The first-order valence-electron chi connectivity index (χ1n) is 7.05. The van der Waals surface area contributed by atoms with E-state index in [-0.39, 0.29) is 0 Å². The summed E-state index contributed by atoms with van der Waals surface area (Å²) >= 11 is 0. The number of nitrogens with one attached hydrogen (secondary N) is 2. The number of anilines is 2. The number of methoxy groups -OCH3 is 1. The van der Waals surface area contributed by atoms with E-state index in [0.29, 0.717) is 6.04 Å². The Morgan fingerprint density at radius 3 is 2.81 bits per heavy atom. The fraction of sp³-hybridized carbons (Fsp3) is 0.235. The molecule has 21 heavy (non-hydrogen) atoms. The molecule has 1 amide bonds. The number of carbonyl (C=O) groups is 1. The van der Waals surface area contributed by atoms with E-state index in [0.717, 1.165) is 24.2 Å². The van der Waals surface area contributed by atoms with E-state index >= 15 is 0 Å². The summed E-state index contributed by atoms with van der Waals surface area (Å²) in [7, 11) is 1.35. The topological polar surface area (TPSA) is 50.4 Å². The van der Waals surface area contributed by atoms with Crippen LogP contribution < -0.4 is 10.6 Å². The fourth-order valence-corrected chi connectivity index (χ4v) is 2.76. The highest BCUT2D eigenvalue weighted by Crippen LogP contribution is 2.33. The number of hydrogen-bond donors (Lipinski definition) is 2. The molecule has 0 saturated carbocycles. The van der Waals surface area contributed by atoms with Crippen molar-refractivity contribution in [3.8, 4) is 0 Å². The number of amides is 1. The van der Waals surface area contributed by atoms with Gasteiger partial charge in [0, 0.05) is 11.4 Å². The molecule has 2 aromatic rings. The van der Waals surface area contributed by atoms with Crippen LogP contribution in [0.25, 0.3) is 0 Å². The molecular weight excluding hydrogens is 264 g/mol. The minimum atomic E-state index is -0.460. The second-order valence-electron chi connectivity index (χ2n) is 5.13. The molecule has 3 rings (SSSR count). The van der Waals surface area contributed by atoms with Crippen LogP contribution in [0, 0.1) is 0 Å². The second-order valence-corrected chi connectivity index (χ2v) is 5.13. The standard InChI is InChI=1S/C17H18N2O2/c1-21-17(20)19-14-7-4-6-13(11-14)18-16-10-9-12-5-2-3-8-15(12)16/h2-8,11,16,18H,9-10H2,1H3,(H,19,20). The van der Waals surface area contributed by atoms with E-state index in [2.05, 4.69) is 39.6 Å². The summed E-state index contributed by atoms with van der Waals surface area (Å²) in [6.45, 7) is 0. The van der Waals surface area contributed by atoms with Gasteiger partial charge in [-0.2, -0.15) is 0 Å². The Balaban J connectivity index is 1.74. The predicted octanol–water partition coefficient (Wildman–Crippen LogP) is 3.96. The molecule has 2 aromatic carbocycles. The van der Waals surface area contributed by atoms with Crippen molar-refractivity contribution in [2.75, 3.05) is 17.7 Å². The maximum absolute atomic E-state index is 11.2. The van der Waals surface area contributed by atoms with Crippen molar-refractivity contribution in [3.63, 3.8) is 0 Å². The molecule has 0 aromatic heterocycles. The van der Waals surface area contributed by atoms with Crippen LogP contribution >= 0.6 is 0 Å². The number of hydrogen-bond acceptors (Lipinski definition) is 3. The van der Waals surface area contributed by atoms with Crippen molar-refractivity contribution in [2.24, 2.45) is 0 Å². The van der Waals surface area contributed by atoms with Crippen molar-refractivity contribution in [1.82, 2.24) is 0 Å². The number of rotatable bonds is 3. The number of benzene rings is 2. The normalized spacial score (nSPS) is 16.1. The highest BCUT2D eigenvalue weighted by Gasteiger charge is 2.21. The van der Waals surface area contributed by atoms with E-state index in [1.807, 2.05) is 24.3 Å². The summed E-state index contributed by atoms with van der Waals surface area (Å²) < 4.78 is 4.60. The van der Waals surface area contributed by atoms with Gasteiger partial charge in [0.1, 0.15) is 0 Å². The van der Waals surface area contributed by atoms with Gasteiger partial charge in [0.05, 0.1) is 13.2 Å². The summed E-state index contributed by atoms with van der Waals surface area (Å²) in [6.07, 6.45) is 1.74. The Morgan fingerprint density at radius 2 is 1.95 bits per heavy atom. The van der Waals surface area contributed by atoms with Crippen LogP contribution in [0.2, 0.25) is 0 Å². The third-order valence-electron chi connectivity index (χ3n) is 3.77. The van der Waals surface area contributed by atoms with Crippen LogP contribution in [-0.4, -0.2) is 13.2 Å². The van der Waals surface area contributed by atoms with Gasteiger partial charge in [-0.1, -0.05) is 30.3 Å². The SMILES string of the molecule is COC(=O)Nc1cccc(NC2CCc3ccccc32)c1. The molecule has 1 aliphatic carbocycles. The highest BCUT2D eigenvalue weighted by molar-refractivity contribution is 5.85. The number of fused-ring (bicyclic) bond motifs is 1. The van der Waals surface area contributed by atoms with Crippen LogP contribution in [0.4, 0.5) is 16.2 Å². The van der Waals surface area contributed by atoms with Crippen LogP contribution in [0.5, 0.6) is 0 Å². The summed E-state index contributed by atoms with van der Waals surface area (Å²) in [5.74, 6) is 0. The Labute approximate surface area is 124 Å². The lowest BCUT2D eigenvalue weighted by molar-refractivity contribution is 0.187. The zero-order valence-corrected chi connectivity index (χ0v) is 11.9. The van der Waals surface area contributed by atoms with Gasteiger partial charge in [-0.05, 0) is 42.2 Å². The van der Waals surface area contributed by atoms with Gasteiger partial charge in [0.2, 0.25) is 0 Å². The molecule has 1 atom stereocenters. The first kappa shape index (κ1) is 13.5. The lowest BCUT2D eigenvalue weighted by atomic mass is 10.1. The summed E-state index contributed by atoms with van der Waals surface area (Å²) in [5, 5.41) is 6.21. The number of ether oxygens (including phenoxy) is 1. The number of aryl methyl sites for hydroxylation is 1. The highest BCUT2D eigenvalue weighted by atomic mass is 16.5. The molecular formula is C17H18N2O2. The van der Waals surface area contributed by atoms with Gasteiger partial charge in [-0.15, -0.1) is 0 Å². The van der Waals surface area contributed by atoms with Gasteiger partial charge < -0.3 is 10.1 Å². The monoisotopic (exact) mass is 282 g/mol. The van der Waals surface area contributed by atoms with Crippen molar-refractivity contribution in [3.05, 3.63) is 59.7 Å². The molecule has 4 nitrogen and oxygen atoms in total. The van der Waals surface area contributed by atoms with E-state index < -0.39 is 6.09 Å². The van der Waals surface area contributed by atoms with Gasteiger partial charge in [0.15, 0.2) is 0 Å². The average molecular weight is 282 g/mol. The largest absolute Gasteiger partial charge is 0.453 e. The molecule has 1 aliphatic rings. The molecule has 0 fully saturated rings. The van der Waals surface area contributed by atoms with E-state index in [4.69, 9.17) is 0 Å². The Morgan fingerprint density at radius 1 is 1.14 bits per heavy atom. The third-order valence-corrected chi connectivity index (χ3v) is 3.77. The summed E-state index contributed by atoms with van der Waals surface area (Å²) in [4.78, 5) is 11.2. The molecule has 108 valence electrons. The molecule has 4 heteroatoms. The zero-order valence-electron chi connectivity index (χ0n) is 11.9. The van der Waals surface area contributed by atoms with E-state index in [1.54, 1.807) is 0 Å². The third kappa shape index (κ3) is 2.99. The molecule has 2 N–H and O–H groups in total. The molecule has 0 bridgehead atoms. The molecule has 0 saturated heterocycles. The Hall–Kier alpha value is -2.49. The molecule has 0 heterocycles. The van der Waals surface area contributed by atoms with Crippen molar-refractivity contribution in [2.45, 2.75) is 18.9 Å². The predicted molar refractivity (Wildman–Crippen MR) is 83.6 cm³/mol. The smallest absolute Gasteiger partial charge is 0.411 e. The summed E-state index contributed by atoms with van der Waals surface area (Å²) in [5.41, 5.74) is 4.49. The molecule has 0 aliphatic heterocycles. The zero-order chi connectivity index (χ0) is 14.7. The maximum atomic E-state index is 11.2. The van der Waals surface area contributed by atoms with Crippen molar-refractivity contribution in [1.29, 1.82) is 0 Å². The first-order chi connectivity index (χ1) is 10.3. The van der Waals surface area contributed by atoms with Gasteiger partial charge in [-0.25, -0.2) is 4.79 Å². The number of carbonyl (C=O) groups excluding carboxylic acids is 1. The average Bonchev–Trinajstić information content (AvgIpc) is 2.91. The summed E-state index contributed by atoms with van der Waals surface area (Å²) in [6, 6.07) is 16.5. The van der Waals surface area contributed by atoms with Gasteiger partial charge >= 0.3 is 6.09 Å². The van der Waals surface area contributed by atoms with Gasteiger partial charge in [0.25, 0.3) is 0 Å². The van der Waals surface area contributed by atoms with Crippen LogP contribution in [0.15, 0.2) is 48.5 Å². The van der Waals surface area contributed by atoms with E-state index in [9.17, 15) is 4.79 Å². The Bertz CT molecular complexity index is 655. The van der Waals surface area contributed by atoms with Gasteiger partial charge in [-0.3, -0.25) is 5.32 Å². The first-order valence-corrected chi connectivity index (χ1v) is 7.05. The minimum Gasteiger partial charge on any atom is -0.453 e. The molecule has 0 radical (unpaired) electrons. The minimum absolute atomic E-state index is 0.328. The molecule has 1 unspecified atom stereocenters. The fourth-order valence-electron chi connectivity index (χ4n) is 2.76. The van der Waals surface area contributed by atoms with E-state index in [1.165, 1.54) is 18.2 Å². The maximum Gasteiger partial charge on any atom is 0.411 e. The lowest BCUT2D eigenvalue weighted by Gasteiger charge is -2.16. The molecule has 0 spiro atoms. The van der Waals surface area contributed by atoms with Crippen molar-refractivity contribution >= 4 is 17.5 Å². The Kier molecular flexibility index (Phi) is 3.77. The van der Waals surface area contributed by atoms with Crippen LogP contribution in [0.3, 0.4) is 0 Å². The van der Waals surface area contributed by atoms with Crippen LogP contribution in [-0.2, 0) is 11.2 Å². The van der Waals surface area contributed by atoms with Crippen molar-refractivity contribution < 1.29 is 9.53 Å². The van der Waals surface area contributed by atoms with Crippen LogP contribution in [0.1, 0.15) is 23.6 Å². The second kappa shape index (κ2) is 5.87. The lowest BCUT2D eigenvalue weighted by Crippen LogP contribution is -2.11. The quantitative estimate of drug-likeness (QED) is 0.895.